The normalized spacial score (nSPS) is 12.2. The summed E-state index contributed by atoms with van der Waals surface area (Å²) in [7, 11) is 0. The van der Waals surface area contributed by atoms with Crippen LogP contribution in [-0.2, 0) is 0 Å². The van der Waals surface area contributed by atoms with E-state index in [9.17, 15) is 0 Å². The SMILES string of the molecule is c1cc2c3c(cccc3c1)-c1cc(-c3ccc4c(c3)c3ccccc3n4-c3ccc(-c4ccc5c6ccccc6c6ccccc6c5c4)cc3)ccc1O2. The summed E-state index contributed by atoms with van der Waals surface area (Å²) < 4.78 is 8.80. The first-order valence-corrected chi connectivity index (χ1v) is 18.6. The molecule has 2 heterocycles. The zero-order valence-corrected chi connectivity index (χ0v) is 29.3. The number of aromatic nitrogens is 1. The molecule has 11 aromatic rings. The van der Waals surface area contributed by atoms with E-state index in [1.54, 1.807) is 0 Å². The van der Waals surface area contributed by atoms with Crippen LogP contribution in [0.5, 0.6) is 11.5 Å². The standard InChI is InChI=1S/C52H31NO/c1-2-13-40-38(11-1)39-12-3-4-14-41(39)45-29-34(21-26-42(40)45)32-19-24-37(25-20-32)53-48-17-6-5-15-43(48)46-30-35(22-27-49(46)53)36-23-28-50-47(31-36)44-16-7-9-33-10-8-18-51(54-50)52(33)44/h1-31H. The lowest BCUT2D eigenvalue weighted by Crippen LogP contribution is -1.97. The third-order valence-electron chi connectivity index (χ3n) is 11.6. The minimum atomic E-state index is 0.900. The maximum atomic E-state index is 6.41. The average Bonchev–Trinajstić information content (AvgIpc) is 3.57. The molecule has 2 heteroatoms. The van der Waals surface area contributed by atoms with E-state index in [0.29, 0.717) is 0 Å². The number of hydrogen-bond acceptors (Lipinski definition) is 1. The Hall–Kier alpha value is -7.16. The lowest BCUT2D eigenvalue weighted by atomic mass is 9.92. The maximum absolute atomic E-state index is 6.41. The summed E-state index contributed by atoms with van der Waals surface area (Å²) >= 11 is 0. The fraction of sp³-hybridized carbons (Fsp3) is 0. The first-order valence-electron chi connectivity index (χ1n) is 18.6. The van der Waals surface area contributed by atoms with Crippen LogP contribution in [0.3, 0.4) is 0 Å². The summed E-state index contributed by atoms with van der Waals surface area (Å²) in [5, 5.41) is 12.6. The van der Waals surface area contributed by atoms with Crippen molar-refractivity contribution in [2.45, 2.75) is 0 Å². The Bertz CT molecular complexity index is 3310. The molecule has 0 unspecified atom stereocenters. The van der Waals surface area contributed by atoms with Gasteiger partial charge in [-0.1, -0.05) is 133 Å². The molecule has 0 spiro atoms. The van der Waals surface area contributed by atoms with Gasteiger partial charge in [0.1, 0.15) is 11.5 Å². The van der Waals surface area contributed by atoms with Gasteiger partial charge in [0.05, 0.1) is 11.0 Å². The molecule has 12 rings (SSSR count). The van der Waals surface area contributed by atoms with E-state index in [2.05, 4.69) is 193 Å². The number of hydrogen-bond donors (Lipinski definition) is 0. The van der Waals surface area contributed by atoms with Gasteiger partial charge in [-0.05, 0) is 120 Å². The van der Waals surface area contributed by atoms with E-state index < -0.39 is 0 Å². The molecule has 1 aliphatic rings. The van der Waals surface area contributed by atoms with Crippen molar-refractivity contribution >= 4 is 64.9 Å². The van der Waals surface area contributed by atoms with Gasteiger partial charge < -0.3 is 9.30 Å². The van der Waals surface area contributed by atoms with Crippen molar-refractivity contribution in [1.29, 1.82) is 0 Å². The van der Waals surface area contributed by atoms with Gasteiger partial charge in [-0.3, -0.25) is 0 Å². The zero-order valence-electron chi connectivity index (χ0n) is 29.3. The fourth-order valence-corrected chi connectivity index (χ4v) is 9.06. The van der Waals surface area contributed by atoms with Crippen molar-refractivity contribution in [3.8, 4) is 50.6 Å². The summed E-state index contributed by atoms with van der Waals surface area (Å²) in [6.45, 7) is 0. The monoisotopic (exact) mass is 685 g/mol. The highest BCUT2D eigenvalue weighted by molar-refractivity contribution is 6.25. The van der Waals surface area contributed by atoms with Gasteiger partial charge in [0, 0.05) is 27.4 Å². The molecule has 0 aliphatic carbocycles. The van der Waals surface area contributed by atoms with Gasteiger partial charge in [-0.15, -0.1) is 0 Å². The van der Waals surface area contributed by atoms with Gasteiger partial charge in [0.25, 0.3) is 0 Å². The molecule has 0 saturated carbocycles. The topological polar surface area (TPSA) is 14.2 Å². The second kappa shape index (κ2) is 11.2. The summed E-state index contributed by atoms with van der Waals surface area (Å²) in [5.41, 5.74) is 10.7. The van der Waals surface area contributed by atoms with Crippen LogP contribution in [0.1, 0.15) is 0 Å². The number of fused-ring (bicyclic) bond motifs is 11. The molecule has 10 aromatic carbocycles. The Kier molecular flexibility index (Phi) is 6.09. The summed E-state index contributed by atoms with van der Waals surface area (Å²) in [4.78, 5) is 0. The van der Waals surface area contributed by atoms with Crippen molar-refractivity contribution in [2.24, 2.45) is 0 Å². The first kappa shape index (κ1) is 29.4. The van der Waals surface area contributed by atoms with Crippen molar-refractivity contribution < 1.29 is 4.74 Å². The van der Waals surface area contributed by atoms with Crippen LogP contribution in [-0.4, -0.2) is 4.57 Å². The van der Waals surface area contributed by atoms with E-state index in [1.807, 2.05) is 0 Å². The Morgan fingerprint density at radius 3 is 1.65 bits per heavy atom. The second-order valence-corrected chi connectivity index (χ2v) is 14.5. The molecule has 0 fully saturated rings. The third kappa shape index (κ3) is 4.22. The van der Waals surface area contributed by atoms with Crippen LogP contribution in [0.15, 0.2) is 188 Å². The summed E-state index contributed by atoms with van der Waals surface area (Å²) in [6.07, 6.45) is 0. The quantitative estimate of drug-likeness (QED) is 0.169. The van der Waals surface area contributed by atoms with Gasteiger partial charge in [0.15, 0.2) is 0 Å². The van der Waals surface area contributed by atoms with Crippen LogP contribution >= 0.6 is 0 Å². The highest BCUT2D eigenvalue weighted by atomic mass is 16.5. The summed E-state index contributed by atoms with van der Waals surface area (Å²) in [6, 6.07) is 68.6. The molecule has 250 valence electrons. The molecule has 0 amide bonds. The van der Waals surface area contributed by atoms with Crippen molar-refractivity contribution in [3.05, 3.63) is 188 Å². The van der Waals surface area contributed by atoms with Gasteiger partial charge in [0.2, 0.25) is 0 Å². The molecule has 0 bridgehead atoms. The van der Waals surface area contributed by atoms with Crippen LogP contribution in [0.25, 0.3) is 104 Å². The van der Waals surface area contributed by atoms with Gasteiger partial charge >= 0.3 is 0 Å². The fourth-order valence-electron chi connectivity index (χ4n) is 9.06. The Balaban J connectivity index is 0.958. The van der Waals surface area contributed by atoms with Crippen LogP contribution in [0, 0.1) is 0 Å². The number of para-hydroxylation sites is 1. The van der Waals surface area contributed by atoms with E-state index >= 15 is 0 Å². The Labute approximate surface area is 311 Å². The predicted molar refractivity (Wildman–Crippen MR) is 227 cm³/mol. The number of nitrogens with zero attached hydrogens (tertiary/aromatic N) is 1. The Morgan fingerprint density at radius 1 is 0.315 bits per heavy atom. The number of benzene rings is 10. The Morgan fingerprint density at radius 2 is 0.870 bits per heavy atom. The van der Waals surface area contributed by atoms with E-state index in [1.165, 1.54) is 92.7 Å². The highest BCUT2D eigenvalue weighted by Crippen LogP contribution is 2.48. The predicted octanol–water partition coefficient (Wildman–Crippen LogP) is 14.5. The minimum Gasteiger partial charge on any atom is -0.456 e. The smallest absolute Gasteiger partial charge is 0.135 e. The van der Waals surface area contributed by atoms with E-state index in [4.69, 9.17) is 4.74 Å². The van der Waals surface area contributed by atoms with Gasteiger partial charge in [-0.25, -0.2) is 0 Å². The summed E-state index contributed by atoms with van der Waals surface area (Å²) in [5.74, 6) is 1.82. The third-order valence-corrected chi connectivity index (χ3v) is 11.6. The molecule has 1 aromatic heterocycles. The number of rotatable bonds is 3. The minimum absolute atomic E-state index is 0.900. The van der Waals surface area contributed by atoms with Crippen molar-refractivity contribution in [1.82, 2.24) is 4.57 Å². The molecule has 54 heavy (non-hydrogen) atoms. The van der Waals surface area contributed by atoms with E-state index in [0.717, 1.165) is 22.7 Å². The maximum Gasteiger partial charge on any atom is 0.135 e. The van der Waals surface area contributed by atoms with Crippen LogP contribution in [0.4, 0.5) is 0 Å². The molecule has 0 N–H and O–H groups in total. The molecule has 0 radical (unpaired) electrons. The van der Waals surface area contributed by atoms with Crippen LogP contribution in [0.2, 0.25) is 0 Å². The lowest BCUT2D eigenvalue weighted by molar-refractivity contribution is 0.487. The molecular weight excluding hydrogens is 655 g/mol. The highest BCUT2D eigenvalue weighted by Gasteiger charge is 2.21. The molecular formula is C52H31NO. The van der Waals surface area contributed by atoms with Gasteiger partial charge in [-0.2, -0.15) is 0 Å². The molecule has 0 atom stereocenters. The van der Waals surface area contributed by atoms with E-state index in [-0.39, 0.29) is 0 Å². The largest absolute Gasteiger partial charge is 0.456 e. The number of ether oxygens (including phenoxy) is 1. The second-order valence-electron chi connectivity index (χ2n) is 14.5. The average molecular weight is 686 g/mol. The zero-order chi connectivity index (χ0) is 35.3. The molecule has 1 aliphatic heterocycles. The van der Waals surface area contributed by atoms with Crippen LogP contribution < -0.4 is 4.74 Å². The van der Waals surface area contributed by atoms with Crippen molar-refractivity contribution in [3.63, 3.8) is 0 Å². The first-order chi connectivity index (χ1) is 26.8. The molecule has 0 saturated heterocycles. The van der Waals surface area contributed by atoms with Crippen molar-refractivity contribution in [2.75, 3.05) is 0 Å². The lowest BCUT2D eigenvalue weighted by Gasteiger charge is -2.22. The molecule has 2 nitrogen and oxygen atoms in total.